The fourth-order valence-electron chi connectivity index (χ4n) is 3.60. The van der Waals surface area contributed by atoms with E-state index in [1.54, 1.807) is 11.3 Å². The summed E-state index contributed by atoms with van der Waals surface area (Å²) in [6.07, 6.45) is 9.27. The Morgan fingerprint density at radius 2 is 2.10 bits per heavy atom. The standard InChI is InChI=1S/C16H24N2OS/c1-2-10-7-8-12-13(9-10)20-15(17)14(12)16(19)18-11-5-3-4-6-11/h10-11H,2-9,17H2,1H3,(H,18,19). The summed E-state index contributed by atoms with van der Waals surface area (Å²) in [6, 6.07) is 0.365. The molecule has 110 valence electrons. The van der Waals surface area contributed by atoms with E-state index >= 15 is 0 Å². The highest BCUT2D eigenvalue weighted by Crippen LogP contribution is 2.39. The van der Waals surface area contributed by atoms with Gasteiger partial charge in [0, 0.05) is 10.9 Å². The number of amides is 1. The molecule has 0 aliphatic heterocycles. The summed E-state index contributed by atoms with van der Waals surface area (Å²) >= 11 is 1.64. The number of thiophene rings is 1. The number of nitrogen functional groups attached to an aromatic ring is 1. The minimum atomic E-state index is 0.0712. The molecule has 1 aromatic heterocycles. The number of fused-ring (bicyclic) bond motifs is 1. The fraction of sp³-hybridized carbons (Fsp3) is 0.688. The Kier molecular flexibility index (Phi) is 4.01. The van der Waals surface area contributed by atoms with E-state index in [1.807, 2.05) is 0 Å². The van der Waals surface area contributed by atoms with Gasteiger partial charge in [0.1, 0.15) is 0 Å². The third kappa shape index (κ3) is 2.58. The largest absolute Gasteiger partial charge is 0.390 e. The molecule has 0 spiro atoms. The van der Waals surface area contributed by atoms with Gasteiger partial charge in [-0.05, 0) is 43.6 Å². The average molecular weight is 292 g/mol. The van der Waals surface area contributed by atoms with Gasteiger partial charge in [0.2, 0.25) is 0 Å². The van der Waals surface area contributed by atoms with E-state index in [9.17, 15) is 4.79 Å². The zero-order chi connectivity index (χ0) is 14.1. The van der Waals surface area contributed by atoms with Gasteiger partial charge in [-0.3, -0.25) is 4.79 Å². The van der Waals surface area contributed by atoms with Crippen LogP contribution >= 0.6 is 11.3 Å². The van der Waals surface area contributed by atoms with Crippen LogP contribution in [0.1, 0.15) is 66.2 Å². The Bertz CT molecular complexity index is 503. The van der Waals surface area contributed by atoms with Crippen LogP contribution in [0.15, 0.2) is 0 Å². The van der Waals surface area contributed by atoms with Gasteiger partial charge >= 0.3 is 0 Å². The molecule has 0 saturated heterocycles. The summed E-state index contributed by atoms with van der Waals surface area (Å²) in [4.78, 5) is 13.9. The molecule has 2 aliphatic carbocycles. The maximum Gasteiger partial charge on any atom is 0.254 e. The molecular formula is C16H24N2OS. The second kappa shape index (κ2) is 5.76. The van der Waals surface area contributed by atoms with Crippen molar-refractivity contribution in [3.63, 3.8) is 0 Å². The number of rotatable bonds is 3. The minimum absolute atomic E-state index is 0.0712. The van der Waals surface area contributed by atoms with Gasteiger partial charge in [-0.1, -0.05) is 26.2 Å². The van der Waals surface area contributed by atoms with Crippen LogP contribution in [0.5, 0.6) is 0 Å². The van der Waals surface area contributed by atoms with Gasteiger partial charge in [0.05, 0.1) is 10.6 Å². The van der Waals surface area contributed by atoms with Crippen LogP contribution in [0.2, 0.25) is 0 Å². The topological polar surface area (TPSA) is 55.1 Å². The van der Waals surface area contributed by atoms with Crippen molar-refractivity contribution in [2.24, 2.45) is 5.92 Å². The lowest BCUT2D eigenvalue weighted by Crippen LogP contribution is -2.33. The SMILES string of the molecule is CCC1CCc2c(sc(N)c2C(=O)NC2CCCC2)C1. The zero-order valence-electron chi connectivity index (χ0n) is 12.2. The Labute approximate surface area is 124 Å². The van der Waals surface area contributed by atoms with Crippen LogP contribution in [0.4, 0.5) is 5.00 Å². The van der Waals surface area contributed by atoms with E-state index in [0.29, 0.717) is 6.04 Å². The lowest BCUT2D eigenvalue weighted by atomic mass is 9.85. The van der Waals surface area contributed by atoms with Crippen LogP contribution in [0.3, 0.4) is 0 Å². The normalized spacial score (nSPS) is 22.8. The van der Waals surface area contributed by atoms with Crippen LogP contribution in [0.25, 0.3) is 0 Å². The Balaban J connectivity index is 1.79. The summed E-state index contributed by atoms with van der Waals surface area (Å²) < 4.78 is 0. The van der Waals surface area contributed by atoms with Crippen molar-refractivity contribution in [2.75, 3.05) is 5.73 Å². The van der Waals surface area contributed by atoms with E-state index in [2.05, 4.69) is 12.2 Å². The third-order valence-electron chi connectivity index (χ3n) is 4.89. The number of carbonyl (C=O) groups excluding carboxylic acids is 1. The van der Waals surface area contributed by atoms with Crippen LogP contribution in [-0.2, 0) is 12.8 Å². The molecule has 1 heterocycles. The lowest BCUT2D eigenvalue weighted by Gasteiger charge is -2.21. The molecule has 0 aromatic carbocycles. The van der Waals surface area contributed by atoms with Gasteiger partial charge < -0.3 is 11.1 Å². The van der Waals surface area contributed by atoms with Crippen molar-refractivity contribution >= 4 is 22.2 Å². The molecule has 1 aromatic rings. The van der Waals surface area contributed by atoms with Crippen molar-refractivity contribution < 1.29 is 4.79 Å². The number of carbonyl (C=O) groups is 1. The highest BCUT2D eigenvalue weighted by molar-refractivity contribution is 7.16. The van der Waals surface area contributed by atoms with Crippen LogP contribution in [-0.4, -0.2) is 11.9 Å². The molecule has 4 heteroatoms. The lowest BCUT2D eigenvalue weighted by molar-refractivity contribution is 0.0938. The van der Waals surface area contributed by atoms with E-state index in [-0.39, 0.29) is 5.91 Å². The molecule has 3 N–H and O–H groups in total. The number of hydrogen-bond donors (Lipinski definition) is 2. The van der Waals surface area contributed by atoms with E-state index < -0.39 is 0 Å². The summed E-state index contributed by atoms with van der Waals surface area (Å²) in [7, 11) is 0. The molecule has 1 unspecified atom stereocenters. The van der Waals surface area contributed by atoms with Crippen molar-refractivity contribution in [3.8, 4) is 0 Å². The summed E-state index contributed by atoms with van der Waals surface area (Å²) in [6.45, 7) is 2.25. The van der Waals surface area contributed by atoms with E-state index in [0.717, 1.165) is 42.2 Å². The Hall–Kier alpha value is -1.03. The Morgan fingerprint density at radius 3 is 2.80 bits per heavy atom. The van der Waals surface area contributed by atoms with Crippen molar-refractivity contribution in [2.45, 2.75) is 64.3 Å². The first-order valence-corrected chi connectivity index (χ1v) is 8.71. The van der Waals surface area contributed by atoms with E-state index in [4.69, 9.17) is 5.73 Å². The molecule has 20 heavy (non-hydrogen) atoms. The molecule has 1 saturated carbocycles. The summed E-state index contributed by atoms with van der Waals surface area (Å²) in [5, 5.41) is 3.91. The molecule has 0 radical (unpaired) electrons. The first kappa shape index (κ1) is 13.9. The second-order valence-corrected chi connectivity index (χ2v) is 7.35. The minimum Gasteiger partial charge on any atom is -0.390 e. The average Bonchev–Trinajstić information content (AvgIpc) is 3.03. The van der Waals surface area contributed by atoms with Crippen LogP contribution < -0.4 is 11.1 Å². The molecule has 1 atom stereocenters. The first-order chi connectivity index (χ1) is 9.69. The van der Waals surface area contributed by atoms with E-state index in [1.165, 1.54) is 36.1 Å². The number of nitrogens with one attached hydrogen (secondary N) is 1. The molecule has 3 rings (SSSR count). The summed E-state index contributed by atoms with van der Waals surface area (Å²) in [5.41, 5.74) is 8.18. The quantitative estimate of drug-likeness (QED) is 0.895. The predicted molar refractivity (Wildman–Crippen MR) is 84.3 cm³/mol. The highest BCUT2D eigenvalue weighted by Gasteiger charge is 2.28. The maximum atomic E-state index is 12.5. The molecule has 1 amide bonds. The van der Waals surface area contributed by atoms with Crippen molar-refractivity contribution in [1.29, 1.82) is 0 Å². The first-order valence-electron chi connectivity index (χ1n) is 7.90. The Morgan fingerprint density at radius 1 is 1.35 bits per heavy atom. The highest BCUT2D eigenvalue weighted by atomic mass is 32.1. The monoisotopic (exact) mass is 292 g/mol. The molecule has 0 bridgehead atoms. The maximum absolute atomic E-state index is 12.5. The van der Waals surface area contributed by atoms with Gasteiger partial charge in [0.15, 0.2) is 0 Å². The number of hydrogen-bond acceptors (Lipinski definition) is 3. The van der Waals surface area contributed by atoms with Gasteiger partial charge in [-0.15, -0.1) is 11.3 Å². The van der Waals surface area contributed by atoms with Gasteiger partial charge in [-0.25, -0.2) is 0 Å². The number of anilines is 1. The van der Waals surface area contributed by atoms with Crippen molar-refractivity contribution in [3.05, 3.63) is 16.0 Å². The fourth-order valence-corrected chi connectivity index (χ4v) is 4.83. The van der Waals surface area contributed by atoms with Crippen molar-refractivity contribution in [1.82, 2.24) is 5.32 Å². The number of nitrogens with two attached hydrogens (primary N) is 1. The van der Waals surface area contributed by atoms with Crippen LogP contribution in [0, 0.1) is 5.92 Å². The predicted octanol–water partition coefficient (Wildman–Crippen LogP) is 3.52. The second-order valence-electron chi connectivity index (χ2n) is 6.21. The molecule has 3 nitrogen and oxygen atoms in total. The molecule has 1 fully saturated rings. The van der Waals surface area contributed by atoms with Gasteiger partial charge in [-0.2, -0.15) is 0 Å². The summed E-state index contributed by atoms with van der Waals surface area (Å²) in [5.74, 6) is 0.841. The molecule has 2 aliphatic rings. The van der Waals surface area contributed by atoms with Gasteiger partial charge in [0.25, 0.3) is 5.91 Å². The third-order valence-corrected chi connectivity index (χ3v) is 5.97. The zero-order valence-corrected chi connectivity index (χ0v) is 13.0. The molecular weight excluding hydrogens is 268 g/mol. The smallest absolute Gasteiger partial charge is 0.254 e.